The number of ether oxygens (including phenoxy) is 1. The van der Waals surface area contributed by atoms with E-state index in [2.05, 4.69) is 55.6 Å². The molecule has 6 nitrogen and oxygen atoms in total. The Morgan fingerprint density at radius 2 is 1.83 bits per heavy atom. The Labute approximate surface area is 222 Å². The van der Waals surface area contributed by atoms with E-state index in [1.807, 2.05) is 17.8 Å². The van der Waals surface area contributed by atoms with Crippen LogP contribution in [0.3, 0.4) is 0 Å². The molecule has 192 valence electrons. The average molecular weight is 530 g/mol. The number of nitrogens with zero attached hydrogens (tertiary/aromatic N) is 4. The second-order valence-corrected chi connectivity index (χ2v) is 10.2. The van der Waals surface area contributed by atoms with E-state index in [-0.39, 0.29) is 12.4 Å². The third kappa shape index (κ3) is 7.32. The number of nitrogens with one attached hydrogen (secondary N) is 1. The third-order valence-electron chi connectivity index (χ3n) is 6.23. The van der Waals surface area contributed by atoms with Gasteiger partial charge < -0.3 is 15.0 Å². The van der Waals surface area contributed by atoms with E-state index in [1.54, 1.807) is 19.2 Å². The molecule has 2 heterocycles. The minimum atomic E-state index is -0.349. The maximum absolute atomic E-state index is 14.2. The van der Waals surface area contributed by atoms with Crippen LogP contribution in [0.4, 0.5) is 15.9 Å². The monoisotopic (exact) mass is 529 g/mol. The molecule has 1 saturated heterocycles. The number of benzene rings is 2. The average Bonchev–Trinajstić information content (AvgIpc) is 2.89. The quantitative estimate of drug-likeness (QED) is 0.326. The van der Waals surface area contributed by atoms with Gasteiger partial charge in [0, 0.05) is 67.7 Å². The van der Waals surface area contributed by atoms with Crippen molar-refractivity contribution in [3.8, 4) is 11.4 Å². The van der Waals surface area contributed by atoms with Gasteiger partial charge in [0.25, 0.3) is 0 Å². The van der Waals surface area contributed by atoms with E-state index in [0.717, 1.165) is 37.4 Å². The molecule has 36 heavy (non-hydrogen) atoms. The van der Waals surface area contributed by atoms with Gasteiger partial charge in [-0.15, -0.1) is 0 Å². The number of anilines is 2. The first-order valence-corrected chi connectivity index (χ1v) is 13.9. The van der Waals surface area contributed by atoms with E-state index in [1.165, 1.54) is 30.5 Å². The SMILES string of the molecule is COCc1cc(NCc2ccc(Cl)cc2F)nc(-c2ccc(N3CCN(CCCSC)CC3)cc2)n1. The summed E-state index contributed by atoms with van der Waals surface area (Å²) in [5.41, 5.74) is 3.41. The van der Waals surface area contributed by atoms with Gasteiger partial charge in [-0.3, -0.25) is 4.90 Å². The standard InChI is InChI=1S/C27H33ClFN5OS/c1-35-19-23-17-26(30-18-21-4-7-22(28)16-25(21)29)32-27(31-23)20-5-8-24(9-6-20)34-13-11-33(12-14-34)10-3-15-36-2/h4-9,16-17H,3,10-15,18-19H2,1-2H3,(H,30,31,32). The van der Waals surface area contributed by atoms with E-state index < -0.39 is 0 Å². The highest BCUT2D eigenvalue weighted by Crippen LogP contribution is 2.24. The maximum atomic E-state index is 14.2. The number of hydrogen-bond acceptors (Lipinski definition) is 7. The van der Waals surface area contributed by atoms with Crippen LogP contribution in [0.25, 0.3) is 11.4 Å². The Morgan fingerprint density at radius 1 is 1.06 bits per heavy atom. The van der Waals surface area contributed by atoms with Crippen molar-refractivity contribution in [2.24, 2.45) is 0 Å². The maximum Gasteiger partial charge on any atom is 0.161 e. The summed E-state index contributed by atoms with van der Waals surface area (Å²) in [7, 11) is 1.63. The van der Waals surface area contributed by atoms with Crippen molar-refractivity contribution in [3.05, 3.63) is 70.6 Å². The van der Waals surface area contributed by atoms with Crippen molar-refractivity contribution in [2.75, 3.05) is 62.1 Å². The summed E-state index contributed by atoms with van der Waals surface area (Å²) in [5.74, 6) is 2.10. The predicted molar refractivity (Wildman–Crippen MR) is 149 cm³/mol. The van der Waals surface area contributed by atoms with Crippen LogP contribution in [0.2, 0.25) is 5.02 Å². The largest absolute Gasteiger partial charge is 0.378 e. The highest BCUT2D eigenvalue weighted by Gasteiger charge is 2.17. The first-order chi connectivity index (χ1) is 17.6. The lowest BCUT2D eigenvalue weighted by Crippen LogP contribution is -2.46. The molecule has 9 heteroatoms. The molecule has 0 aliphatic carbocycles. The fourth-order valence-corrected chi connectivity index (χ4v) is 4.85. The predicted octanol–water partition coefficient (Wildman–Crippen LogP) is 5.57. The van der Waals surface area contributed by atoms with E-state index in [0.29, 0.717) is 28.8 Å². The summed E-state index contributed by atoms with van der Waals surface area (Å²) in [6, 6.07) is 14.9. The highest BCUT2D eigenvalue weighted by atomic mass is 35.5. The summed E-state index contributed by atoms with van der Waals surface area (Å²) < 4.78 is 19.5. The normalized spacial score (nSPS) is 14.3. The third-order valence-corrected chi connectivity index (χ3v) is 7.16. The molecule has 0 amide bonds. The van der Waals surface area contributed by atoms with Crippen LogP contribution in [-0.4, -0.2) is 66.7 Å². The molecular formula is C27H33ClFN5OS. The van der Waals surface area contributed by atoms with Gasteiger partial charge in [0.05, 0.1) is 12.3 Å². The number of hydrogen-bond donors (Lipinski definition) is 1. The Morgan fingerprint density at radius 3 is 2.53 bits per heavy atom. The Bertz CT molecular complexity index is 1130. The molecule has 0 unspecified atom stereocenters. The first kappa shape index (κ1) is 26.7. The number of piperazine rings is 1. The molecule has 0 spiro atoms. The van der Waals surface area contributed by atoms with Gasteiger partial charge in [-0.1, -0.05) is 17.7 Å². The smallest absolute Gasteiger partial charge is 0.161 e. The van der Waals surface area contributed by atoms with Gasteiger partial charge in [0.1, 0.15) is 11.6 Å². The number of halogens is 2. The minimum Gasteiger partial charge on any atom is -0.378 e. The summed E-state index contributed by atoms with van der Waals surface area (Å²) in [5, 5.41) is 3.59. The molecule has 2 aromatic carbocycles. The van der Waals surface area contributed by atoms with Crippen LogP contribution in [0, 0.1) is 5.82 Å². The van der Waals surface area contributed by atoms with Crippen LogP contribution in [0.1, 0.15) is 17.7 Å². The number of aromatic nitrogens is 2. The molecular weight excluding hydrogens is 497 g/mol. The van der Waals surface area contributed by atoms with Crippen LogP contribution < -0.4 is 10.2 Å². The molecule has 1 aromatic heterocycles. The highest BCUT2D eigenvalue weighted by molar-refractivity contribution is 7.98. The van der Waals surface area contributed by atoms with Crippen LogP contribution in [-0.2, 0) is 17.9 Å². The van der Waals surface area contributed by atoms with Crippen LogP contribution in [0.5, 0.6) is 0 Å². The number of methoxy groups -OCH3 is 1. The zero-order valence-corrected chi connectivity index (χ0v) is 22.4. The van der Waals surface area contributed by atoms with E-state index in [4.69, 9.17) is 16.3 Å². The lowest BCUT2D eigenvalue weighted by Gasteiger charge is -2.36. The van der Waals surface area contributed by atoms with Crippen molar-refractivity contribution < 1.29 is 9.13 Å². The lowest BCUT2D eigenvalue weighted by atomic mass is 10.1. The van der Waals surface area contributed by atoms with Crippen molar-refractivity contribution in [2.45, 2.75) is 19.6 Å². The van der Waals surface area contributed by atoms with Gasteiger partial charge in [0.15, 0.2) is 5.82 Å². The van der Waals surface area contributed by atoms with Crippen molar-refractivity contribution in [3.63, 3.8) is 0 Å². The summed E-state index contributed by atoms with van der Waals surface area (Å²) in [6.45, 7) is 6.10. The molecule has 0 atom stereocenters. The lowest BCUT2D eigenvalue weighted by molar-refractivity contribution is 0.181. The van der Waals surface area contributed by atoms with Gasteiger partial charge in [-0.05, 0) is 61.4 Å². The molecule has 3 aromatic rings. The molecule has 1 fully saturated rings. The first-order valence-electron chi connectivity index (χ1n) is 12.2. The van der Waals surface area contributed by atoms with Gasteiger partial charge >= 0.3 is 0 Å². The Kier molecular flexibility index (Phi) is 9.81. The number of thioether (sulfide) groups is 1. The zero-order valence-electron chi connectivity index (χ0n) is 20.8. The molecule has 4 rings (SSSR count). The molecule has 0 saturated carbocycles. The zero-order chi connectivity index (χ0) is 25.3. The molecule has 0 radical (unpaired) electrons. The van der Waals surface area contributed by atoms with Crippen molar-refractivity contribution >= 4 is 34.9 Å². The van der Waals surface area contributed by atoms with Gasteiger partial charge in [-0.2, -0.15) is 11.8 Å². The summed E-state index contributed by atoms with van der Waals surface area (Å²) in [6.07, 6.45) is 3.42. The Hall–Kier alpha value is -2.39. The van der Waals surface area contributed by atoms with E-state index >= 15 is 0 Å². The minimum absolute atomic E-state index is 0.286. The second-order valence-electron chi connectivity index (χ2n) is 8.81. The summed E-state index contributed by atoms with van der Waals surface area (Å²) >= 11 is 7.78. The second kappa shape index (κ2) is 13.2. The van der Waals surface area contributed by atoms with Gasteiger partial charge in [0.2, 0.25) is 0 Å². The topological polar surface area (TPSA) is 53.5 Å². The fourth-order valence-electron chi connectivity index (χ4n) is 4.27. The molecule has 1 aliphatic rings. The van der Waals surface area contributed by atoms with E-state index in [9.17, 15) is 4.39 Å². The van der Waals surface area contributed by atoms with Crippen LogP contribution in [0.15, 0.2) is 48.5 Å². The van der Waals surface area contributed by atoms with Crippen LogP contribution >= 0.6 is 23.4 Å². The summed E-state index contributed by atoms with van der Waals surface area (Å²) in [4.78, 5) is 14.4. The molecule has 1 N–H and O–H groups in total. The fraction of sp³-hybridized carbons (Fsp3) is 0.407. The molecule has 0 bridgehead atoms. The number of rotatable bonds is 11. The van der Waals surface area contributed by atoms with Crippen molar-refractivity contribution in [1.82, 2.24) is 14.9 Å². The molecule has 1 aliphatic heterocycles. The Balaban J connectivity index is 1.43. The van der Waals surface area contributed by atoms with Gasteiger partial charge in [-0.25, -0.2) is 14.4 Å². The van der Waals surface area contributed by atoms with Crippen molar-refractivity contribution in [1.29, 1.82) is 0 Å².